The molecule has 0 radical (unpaired) electrons. The minimum Gasteiger partial charge on any atom is -0.457 e. The van der Waals surface area contributed by atoms with Crippen LogP contribution in [0.3, 0.4) is 0 Å². The smallest absolute Gasteiger partial charge is 0.316 e. The number of hydrogen-bond donors (Lipinski definition) is 2. The number of anilines is 3. The molecule has 0 aliphatic rings. The maximum absolute atomic E-state index is 12.1. The zero-order chi connectivity index (χ0) is 20.8. The van der Waals surface area contributed by atoms with Gasteiger partial charge in [-0.2, -0.15) is 15.0 Å². The zero-order valence-electron chi connectivity index (χ0n) is 16.6. The number of carbonyl (C=O) groups is 1. The molecule has 150 valence electrons. The highest BCUT2D eigenvalue weighted by Gasteiger charge is 2.10. The second-order valence-electron chi connectivity index (χ2n) is 6.64. The van der Waals surface area contributed by atoms with E-state index >= 15 is 0 Å². The van der Waals surface area contributed by atoms with Crippen LogP contribution in [-0.2, 0) is 16.1 Å². The lowest BCUT2D eigenvalue weighted by Crippen LogP contribution is -2.12. The van der Waals surface area contributed by atoms with Crippen LogP contribution in [0.2, 0.25) is 0 Å². The molecule has 0 unspecified atom stereocenters. The fraction of sp³-hybridized carbons (Fsp3) is 0.238. The van der Waals surface area contributed by atoms with Crippen molar-refractivity contribution in [3.8, 4) is 0 Å². The van der Waals surface area contributed by atoms with Crippen molar-refractivity contribution < 1.29 is 9.53 Å². The predicted molar refractivity (Wildman–Crippen MR) is 115 cm³/mol. The minimum absolute atomic E-state index is 0.0606. The summed E-state index contributed by atoms with van der Waals surface area (Å²) in [6, 6.07) is 13.9. The Morgan fingerprint density at radius 2 is 1.76 bits per heavy atom. The lowest BCUT2D eigenvalue weighted by molar-refractivity contribution is -0.141. The van der Waals surface area contributed by atoms with E-state index in [0.717, 1.165) is 27.3 Å². The van der Waals surface area contributed by atoms with E-state index in [4.69, 9.17) is 10.5 Å². The topological polar surface area (TPSA) is 103 Å². The molecule has 0 aliphatic carbocycles. The van der Waals surface area contributed by atoms with E-state index in [1.807, 2.05) is 57.2 Å². The van der Waals surface area contributed by atoms with Gasteiger partial charge < -0.3 is 15.8 Å². The molecule has 29 heavy (non-hydrogen) atoms. The first-order valence-electron chi connectivity index (χ1n) is 9.09. The molecule has 3 rings (SSSR count). The normalized spacial score (nSPS) is 10.6. The highest BCUT2D eigenvalue weighted by atomic mass is 32.2. The average molecular weight is 410 g/mol. The van der Waals surface area contributed by atoms with Crippen LogP contribution < -0.4 is 11.1 Å². The van der Waals surface area contributed by atoms with Gasteiger partial charge in [-0.05, 0) is 44.5 Å². The van der Waals surface area contributed by atoms with Crippen molar-refractivity contribution in [2.75, 3.05) is 16.8 Å². The number of rotatable bonds is 7. The van der Waals surface area contributed by atoms with Gasteiger partial charge in [0.25, 0.3) is 0 Å². The van der Waals surface area contributed by atoms with E-state index in [1.54, 1.807) is 0 Å². The van der Waals surface area contributed by atoms with Gasteiger partial charge in [-0.3, -0.25) is 4.79 Å². The van der Waals surface area contributed by atoms with E-state index in [9.17, 15) is 4.79 Å². The van der Waals surface area contributed by atoms with Crippen LogP contribution in [0.15, 0.2) is 47.4 Å². The van der Waals surface area contributed by atoms with Gasteiger partial charge in [0.15, 0.2) is 12.4 Å². The van der Waals surface area contributed by atoms with Gasteiger partial charge in [0.2, 0.25) is 11.9 Å². The molecule has 0 atom stereocenters. The molecule has 1 heterocycles. The summed E-state index contributed by atoms with van der Waals surface area (Å²) in [6.07, 6.45) is 0. The van der Waals surface area contributed by atoms with Crippen molar-refractivity contribution in [1.82, 2.24) is 15.0 Å². The summed E-state index contributed by atoms with van der Waals surface area (Å²) in [4.78, 5) is 25.6. The van der Waals surface area contributed by atoms with E-state index < -0.39 is 0 Å². The second kappa shape index (κ2) is 9.38. The number of ether oxygens (including phenoxy) is 1. The third-order valence-electron chi connectivity index (χ3n) is 4.06. The summed E-state index contributed by atoms with van der Waals surface area (Å²) in [5, 5.41) is 3.07. The van der Waals surface area contributed by atoms with Gasteiger partial charge in [-0.25, -0.2) is 0 Å². The zero-order valence-corrected chi connectivity index (χ0v) is 17.4. The largest absolute Gasteiger partial charge is 0.457 e. The average Bonchev–Trinajstić information content (AvgIpc) is 2.68. The van der Waals surface area contributed by atoms with Crippen LogP contribution in [0.25, 0.3) is 0 Å². The molecule has 3 N–H and O–H groups in total. The van der Waals surface area contributed by atoms with Gasteiger partial charge in [0, 0.05) is 10.6 Å². The number of nitrogens with two attached hydrogens (primary N) is 1. The van der Waals surface area contributed by atoms with E-state index in [2.05, 4.69) is 26.3 Å². The molecule has 0 aliphatic heterocycles. The number of carbonyl (C=O) groups excluding carboxylic acids is 1. The van der Waals surface area contributed by atoms with E-state index in [1.165, 1.54) is 11.8 Å². The third-order valence-corrected chi connectivity index (χ3v) is 5.19. The van der Waals surface area contributed by atoms with Crippen LogP contribution in [0, 0.1) is 20.8 Å². The molecule has 0 amide bonds. The number of aryl methyl sites for hydroxylation is 3. The SMILES string of the molecule is Cc1ccc(Nc2nc(N)nc(COC(=O)CSc3cc(C)ccc3C)n2)cc1. The fourth-order valence-corrected chi connectivity index (χ4v) is 3.43. The molecule has 7 nitrogen and oxygen atoms in total. The molecule has 0 bridgehead atoms. The van der Waals surface area contributed by atoms with Crippen LogP contribution in [0.5, 0.6) is 0 Å². The molecule has 1 aromatic heterocycles. The van der Waals surface area contributed by atoms with Crippen LogP contribution in [0.4, 0.5) is 17.6 Å². The van der Waals surface area contributed by atoms with Crippen molar-refractivity contribution in [2.45, 2.75) is 32.3 Å². The standard InChI is InChI=1S/C21H23N5O2S/c1-13-5-8-16(9-6-13)23-21-25-18(24-20(22)26-21)11-28-19(27)12-29-17-10-14(2)4-7-15(17)3/h4-10H,11-12H2,1-3H3,(H3,22,23,24,25,26). The van der Waals surface area contributed by atoms with Crippen LogP contribution in [0.1, 0.15) is 22.5 Å². The summed E-state index contributed by atoms with van der Waals surface area (Å²) in [7, 11) is 0. The number of aromatic nitrogens is 3. The van der Waals surface area contributed by atoms with Crippen LogP contribution >= 0.6 is 11.8 Å². The molecule has 0 saturated heterocycles. The van der Waals surface area contributed by atoms with Gasteiger partial charge in [-0.15, -0.1) is 11.8 Å². The summed E-state index contributed by atoms with van der Waals surface area (Å²) in [6.45, 7) is 5.98. The molecular weight excluding hydrogens is 386 g/mol. The minimum atomic E-state index is -0.345. The lowest BCUT2D eigenvalue weighted by atomic mass is 10.2. The number of thioether (sulfide) groups is 1. The van der Waals surface area contributed by atoms with Gasteiger partial charge >= 0.3 is 5.97 Å². The maximum atomic E-state index is 12.1. The van der Waals surface area contributed by atoms with Gasteiger partial charge in [0.1, 0.15) is 0 Å². The lowest BCUT2D eigenvalue weighted by Gasteiger charge is -2.09. The summed E-state index contributed by atoms with van der Waals surface area (Å²) >= 11 is 1.45. The number of nitrogen functional groups attached to an aromatic ring is 1. The second-order valence-corrected chi connectivity index (χ2v) is 7.66. The van der Waals surface area contributed by atoms with Crippen molar-refractivity contribution in [2.24, 2.45) is 0 Å². The summed E-state index contributed by atoms with van der Waals surface area (Å²) < 4.78 is 5.30. The summed E-state index contributed by atoms with van der Waals surface area (Å²) in [5.41, 5.74) is 10.0. The predicted octanol–water partition coefficient (Wildman–Crippen LogP) is 3.96. The number of nitrogens with one attached hydrogen (secondary N) is 1. The monoisotopic (exact) mass is 409 g/mol. The van der Waals surface area contributed by atoms with Gasteiger partial charge in [-0.1, -0.05) is 35.4 Å². The summed E-state index contributed by atoms with van der Waals surface area (Å²) in [5.74, 6) is 0.516. The fourth-order valence-electron chi connectivity index (χ4n) is 2.51. The highest BCUT2D eigenvalue weighted by molar-refractivity contribution is 8.00. The Balaban J connectivity index is 1.57. The first kappa shape index (κ1) is 20.6. The highest BCUT2D eigenvalue weighted by Crippen LogP contribution is 2.23. The molecule has 0 fully saturated rings. The number of nitrogens with zero attached hydrogens (tertiary/aromatic N) is 3. The molecule has 0 saturated carbocycles. The molecule has 3 aromatic rings. The molecule has 8 heteroatoms. The third kappa shape index (κ3) is 6.18. The van der Waals surface area contributed by atoms with Crippen molar-refractivity contribution >= 4 is 35.3 Å². The van der Waals surface area contributed by atoms with Gasteiger partial charge in [0.05, 0.1) is 5.75 Å². The van der Waals surface area contributed by atoms with Crippen molar-refractivity contribution in [3.63, 3.8) is 0 Å². The Hall–Kier alpha value is -3.13. The Kier molecular flexibility index (Phi) is 6.66. The Morgan fingerprint density at radius 3 is 2.52 bits per heavy atom. The Morgan fingerprint density at radius 1 is 1.03 bits per heavy atom. The molecular formula is C21H23N5O2S. The first-order valence-corrected chi connectivity index (χ1v) is 10.1. The van der Waals surface area contributed by atoms with E-state index in [0.29, 0.717) is 5.95 Å². The Labute approximate surface area is 174 Å². The first-order chi connectivity index (χ1) is 13.9. The number of benzene rings is 2. The molecule has 2 aromatic carbocycles. The van der Waals surface area contributed by atoms with Crippen molar-refractivity contribution in [3.05, 3.63) is 65.0 Å². The maximum Gasteiger partial charge on any atom is 0.316 e. The van der Waals surface area contributed by atoms with Crippen LogP contribution in [-0.4, -0.2) is 26.7 Å². The van der Waals surface area contributed by atoms with E-state index in [-0.39, 0.29) is 30.1 Å². The number of hydrogen-bond acceptors (Lipinski definition) is 8. The molecule has 0 spiro atoms. The quantitative estimate of drug-likeness (QED) is 0.446. The van der Waals surface area contributed by atoms with Crippen molar-refractivity contribution in [1.29, 1.82) is 0 Å². The Bertz CT molecular complexity index is 1010. The number of esters is 1.